The lowest BCUT2D eigenvalue weighted by atomic mass is 10.0. The van der Waals surface area contributed by atoms with Crippen LogP contribution in [0.4, 0.5) is 5.82 Å². The maximum atomic E-state index is 12.8. The Kier molecular flexibility index (Phi) is 6.87. The SMILES string of the molecule is COCc1nc2ccccc2c(C)c1C(=O)OCC(=O)Nc1ncc(Cl)c(C)c1Cl. The summed E-state index contributed by atoms with van der Waals surface area (Å²) in [5.41, 5.74) is 2.76. The molecule has 0 saturated carbocycles. The quantitative estimate of drug-likeness (QED) is 0.559. The number of aromatic nitrogens is 2. The number of methoxy groups -OCH3 is 1. The van der Waals surface area contributed by atoms with Crippen LogP contribution in [0.2, 0.25) is 10.0 Å². The molecule has 0 saturated heterocycles. The molecule has 0 atom stereocenters. The molecule has 1 amide bonds. The fraction of sp³-hybridized carbons (Fsp3) is 0.238. The summed E-state index contributed by atoms with van der Waals surface area (Å²) in [6.45, 7) is 3.12. The van der Waals surface area contributed by atoms with Crippen molar-refractivity contribution in [2.24, 2.45) is 0 Å². The molecule has 1 aromatic carbocycles. The number of ether oxygens (including phenoxy) is 2. The minimum Gasteiger partial charge on any atom is -0.452 e. The number of nitrogens with one attached hydrogen (secondary N) is 1. The van der Waals surface area contributed by atoms with Gasteiger partial charge in [-0.15, -0.1) is 0 Å². The number of benzene rings is 1. The van der Waals surface area contributed by atoms with Crippen molar-refractivity contribution in [2.75, 3.05) is 19.0 Å². The summed E-state index contributed by atoms with van der Waals surface area (Å²) in [5.74, 6) is -1.11. The molecule has 156 valence electrons. The fourth-order valence-corrected chi connectivity index (χ4v) is 3.36. The Morgan fingerprint density at radius 1 is 1.13 bits per heavy atom. The lowest BCUT2D eigenvalue weighted by Crippen LogP contribution is -2.23. The van der Waals surface area contributed by atoms with Gasteiger partial charge in [-0.25, -0.2) is 14.8 Å². The summed E-state index contributed by atoms with van der Waals surface area (Å²) in [5, 5.41) is 3.94. The van der Waals surface area contributed by atoms with Gasteiger partial charge in [-0.05, 0) is 31.0 Å². The van der Waals surface area contributed by atoms with E-state index in [2.05, 4.69) is 15.3 Å². The number of carbonyl (C=O) groups is 2. The predicted molar refractivity (Wildman–Crippen MR) is 115 cm³/mol. The Labute approximate surface area is 183 Å². The number of carbonyl (C=O) groups excluding carboxylic acids is 2. The summed E-state index contributed by atoms with van der Waals surface area (Å²) < 4.78 is 10.4. The topological polar surface area (TPSA) is 90.4 Å². The standard InChI is InChI=1S/C21H19Cl2N3O4/c1-11-13-6-4-5-7-15(13)25-16(9-29-3)18(11)21(28)30-10-17(27)26-20-19(23)12(2)14(22)8-24-20/h4-8H,9-10H2,1-3H3,(H,24,26,27). The van der Waals surface area contributed by atoms with Gasteiger partial charge in [0.1, 0.15) is 0 Å². The first-order chi connectivity index (χ1) is 14.3. The Bertz CT molecular complexity index is 1130. The lowest BCUT2D eigenvalue weighted by molar-refractivity contribution is -0.119. The van der Waals surface area contributed by atoms with Crippen molar-refractivity contribution in [2.45, 2.75) is 20.5 Å². The van der Waals surface area contributed by atoms with E-state index in [1.165, 1.54) is 13.3 Å². The number of esters is 1. The number of anilines is 1. The van der Waals surface area contributed by atoms with E-state index in [0.29, 0.717) is 21.8 Å². The van der Waals surface area contributed by atoms with E-state index < -0.39 is 18.5 Å². The zero-order valence-electron chi connectivity index (χ0n) is 16.6. The lowest BCUT2D eigenvalue weighted by Gasteiger charge is -2.14. The third kappa shape index (κ3) is 4.53. The van der Waals surface area contributed by atoms with Crippen molar-refractivity contribution < 1.29 is 19.1 Å². The maximum absolute atomic E-state index is 12.8. The van der Waals surface area contributed by atoms with Gasteiger partial charge in [-0.1, -0.05) is 41.4 Å². The molecule has 0 fully saturated rings. The van der Waals surface area contributed by atoms with Crippen LogP contribution >= 0.6 is 23.2 Å². The Balaban J connectivity index is 1.78. The molecule has 0 bridgehead atoms. The molecule has 9 heteroatoms. The zero-order chi connectivity index (χ0) is 21.8. The van der Waals surface area contributed by atoms with Crippen LogP contribution in [0.15, 0.2) is 30.5 Å². The molecular formula is C21H19Cl2N3O4. The van der Waals surface area contributed by atoms with Gasteiger partial charge < -0.3 is 14.8 Å². The second-order valence-corrected chi connectivity index (χ2v) is 7.31. The molecule has 30 heavy (non-hydrogen) atoms. The van der Waals surface area contributed by atoms with Gasteiger partial charge in [0.25, 0.3) is 5.91 Å². The van der Waals surface area contributed by atoms with Crippen molar-refractivity contribution in [1.82, 2.24) is 9.97 Å². The molecule has 3 aromatic rings. The highest BCUT2D eigenvalue weighted by Gasteiger charge is 2.21. The molecule has 7 nitrogen and oxygen atoms in total. The number of halogens is 2. The molecule has 3 rings (SSSR count). The average molecular weight is 448 g/mol. The molecule has 0 radical (unpaired) electrons. The van der Waals surface area contributed by atoms with Gasteiger partial charge in [0.15, 0.2) is 12.4 Å². The Morgan fingerprint density at radius 3 is 2.60 bits per heavy atom. The van der Waals surface area contributed by atoms with Gasteiger partial charge in [-0.3, -0.25) is 4.79 Å². The first kappa shape index (κ1) is 22.0. The highest BCUT2D eigenvalue weighted by atomic mass is 35.5. The third-order valence-electron chi connectivity index (χ3n) is 4.51. The molecule has 0 unspecified atom stereocenters. The third-order valence-corrected chi connectivity index (χ3v) is 5.35. The molecule has 0 aliphatic carbocycles. The molecular weight excluding hydrogens is 429 g/mol. The van der Waals surface area contributed by atoms with Crippen LogP contribution in [-0.4, -0.2) is 35.6 Å². The number of hydrogen-bond donors (Lipinski definition) is 1. The van der Waals surface area contributed by atoms with Crippen LogP contribution in [0.25, 0.3) is 10.9 Å². The second kappa shape index (κ2) is 9.38. The summed E-state index contributed by atoms with van der Waals surface area (Å²) in [7, 11) is 1.51. The number of pyridine rings is 2. The summed E-state index contributed by atoms with van der Waals surface area (Å²) >= 11 is 12.1. The summed E-state index contributed by atoms with van der Waals surface area (Å²) in [6.07, 6.45) is 1.38. The Hall–Kier alpha value is -2.74. The van der Waals surface area contributed by atoms with Gasteiger partial charge >= 0.3 is 5.97 Å². The second-order valence-electron chi connectivity index (χ2n) is 6.53. The van der Waals surface area contributed by atoms with E-state index in [-0.39, 0.29) is 23.0 Å². The zero-order valence-corrected chi connectivity index (χ0v) is 18.1. The number of para-hydroxylation sites is 1. The highest BCUT2D eigenvalue weighted by molar-refractivity contribution is 6.37. The first-order valence-electron chi connectivity index (χ1n) is 8.98. The molecule has 1 N–H and O–H groups in total. The van der Waals surface area contributed by atoms with Crippen molar-refractivity contribution in [1.29, 1.82) is 0 Å². The van der Waals surface area contributed by atoms with Gasteiger partial charge in [0.2, 0.25) is 0 Å². The van der Waals surface area contributed by atoms with Crippen LogP contribution in [0.5, 0.6) is 0 Å². The van der Waals surface area contributed by atoms with E-state index in [9.17, 15) is 9.59 Å². The number of nitrogens with zero attached hydrogens (tertiary/aromatic N) is 2. The number of fused-ring (bicyclic) bond motifs is 1. The minimum absolute atomic E-state index is 0.131. The van der Waals surface area contributed by atoms with E-state index >= 15 is 0 Å². The van der Waals surface area contributed by atoms with Crippen LogP contribution in [-0.2, 0) is 20.9 Å². The smallest absolute Gasteiger partial charge is 0.340 e. The number of rotatable bonds is 6. The van der Waals surface area contributed by atoms with Crippen molar-refractivity contribution in [3.05, 3.63) is 62.9 Å². The summed E-state index contributed by atoms with van der Waals surface area (Å²) in [6, 6.07) is 7.45. The van der Waals surface area contributed by atoms with Gasteiger partial charge in [0, 0.05) is 18.7 Å². The molecule has 0 aliphatic rings. The maximum Gasteiger partial charge on any atom is 0.340 e. The molecule has 2 heterocycles. The first-order valence-corrected chi connectivity index (χ1v) is 9.73. The van der Waals surface area contributed by atoms with E-state index in [1.54, 1.807) is 13.8 Å². The number of amides is 1. The Morgan fingerprint density at radius 2 is 1.87 bits per heavy atom. The minimum atomic E-state index is -0.667. The van der Waals surface area contributed by atoms with E-state index in [4.69, 9.17) is 32.7 Å². The van der Waals surface area contributed by atoms with E-state index in [1.807, 2.05) is 24.3 Å². The van der Waals surface area contributed by atoms with Crippen LogP contribution < -0.4 is 5.32 Å². The molecule has 0 aliphatic heterocycles. The van der Waals surface area contributed by atoms with Crippen molar-refractivity contribution >= 4 is 51.8 Å². The van der Waals surface area contributed by atoms with Crippen molar-refractivity contribution in [3.8, 4) is 0 Å². The predicted octanol–water partition coefficient (Wildman–Crippen LogP) is 4.50. The molecule has 2 aromatic heterocycles. The fourth-order valence-electron chi connectivity index (χ4n) is 2.97. The van der Waals surface area contributed by atoms with Crippen LogP contribution in [0.1, 0.15) is 27.2 Å². The number of aryl methyl sites for hydroxylation is 1. The molecule has 0 spiro atoms. The van der Waals surface area contributed by atoms with Crippen LogP contribution in [0, 0.1) is 13.8 Å². The van der Waals surface area contributed by atoms with Crippen molar-refractivity contribution in [3.63, 3.8) is 0 Å². The highest BCUT2D eigenvalue weighted by Crippen LogP contribution is 2.28. The van der Waals surface area contributed by atoms with Crippen LogP contribution in [0.3, 0.4) is 0 Å². The average Bonchev–Trinajstić information content (AvgIpc) is 2.73. The normalized spacial score (nSPS) is 10.8. The largest absolute Gasteiger partial charge is 0.452 e. The van der Waals surface area contributed by atoms with Gasteiger partial charge in [0.05, 0.1) is 33.4 Å². The number of hydrogen-bond acceptors (Lipinski definition) is 6. The summed E-state index contributed by atoms with van der Waals surface area (Å²) in [4.78, 5) is 33.5. The van der Waals surface area contributed by atoms with E-state index in [0.717, 1.165) is 10.9 Å². The monoisotopic (exact) mass is 447 g/mol. The van der Waals surface area contributed by atoms with Gasteiger partial charge in [-0.2, -0.15) is 0 Å².